The average molecular weight is 467 g/mol. The number of aliphatic imine (C=N–C) groups is 1. The van der Waals surface area contributed by atoms with Gasteiger partial charge in [-0.1, -0.05) is 42.5 Å². The molecular weight excluding hydrogens is 448 g/mol. The van der Waals surface area contributed by atoms with Crippen molar-refractivity contribution in [1.29, 1.82) is 0 Å². The van der Waals surface area contributed by atoms with Gasteiger partial charge >= 0.3 is 10.1 Å². The number of hydrogen-bond acceptors (Lipinski definition) is 7. The molecule has 1 aliphatic heterocycles. The van der Waals surface area contributed by atoms with Crippen LogP contribution >= 0.6 is 11.8 Å². The van der Waals surface area contributed by atoms with Crippen LogP contribution in [0.15, 0.2) is 93.7 Å². The molecule has 1 amide bonds. The van der Waals surface area contributed by atoms with Gasteiger partial charge in [-0.3, -0.25) is 4.79 Å². The van der Waals surface area contributed by atoms with Crippen molar-refractivity contribution in [3.63, 3.8) is 0 Å². The fourth-order valence-corrected chi connectivity index (χ4v) is 4.65. The van der Waals surface area contributed by atoms with Crippen LogP contribution in [0.5, 0.6) is 11.5 Å². The molecule has 0 bridgehead atoms. The number of hydrogen-bond donors (Lipinski definition) is 1. The van der Waals surface area contributed by atoms with Crippen molar-refractivity contribution >= 4 is 44.7 Å². The Kier molecular flexibility index (Phi) is 6.29. The SMILES string of the molecule is COc1cc(/C=C2\SC(=Nc3ccccc3)NC2=O)ccc1OS(=O)(=O)c1ccccc1. The number of para-hydroxylation sites is 1. The molecule has 4 rings (SSSR count). The molecule has 0 radical (unpaired) electrons. The Labute approximate surface area is 189 Å². The molecule has 0 atom stereocenters. The first-order chi connectivity index (χ1) is 15.4. The summed E-state index contributed by atoms with van der Waals surface area (Å²) < 4.78 is 35.6. The summed E-state index contributed by atoms with van der Waals surface area (Å²) in [5.74, 6) is 0.00410. The van der Waals surface area contributed by atoms with E-state index in [1.807, 2.05) is 30.3 Å². The Morgan fingerprint density at radius 1 is 0.938 bits per heavy atom. The Morgan fingerprint density at radius 3 is 2.31 bits per heavy atom. The van der Waals surface area contributed by atoms with E-state index in [0.717, 1.165) is 5.69 Å². The molecule has 1 heterocycles. The second kappa shape index (κ2) is 9.29. The van der Waals surface area contributed by atoms with Crippen molar-refractivity contribution < 1.29 is 22.1 Å². The quantitative estimate of drug-likeness (QED) is 0.429. The lowest BCUT2D eigenvalue weighted by Crippen LogP contribution is -2.19. The van der Waals surface area contributed by atoms with E-state index in [9.17, 15) is 13.2 Å². The molecule has 1 aliphatic rings. The molecule has 3 aromatic rings. The zero-order valence-corrected chi connectivity index (χ0v) is 18.5. The molecule has 0 aromatic heterocycles. The number of amidine groups is 1. The predicted molar refractivity (Wildman–Crippen MR) is 124 cm³/mol. The summed E-state index contributed by atoms with van der Waals surface area (Å²) in [5, 5.41) is 3.21. The number of amides is 1. The number of benzene rings is 3. The van der Waals surface area contributed by atoms with Gasteiger partial charge in [0.2, 0.25) is 0 Å². The summed E-state index contributed by atoms with van der Waals surface area (Å²) in [6.07, 6.45) is 1.67. The zero-order chi connectivity index (χ0) is 22.6. The van der Waals surface area contributed by atoms with Gasteiger partial charge < -0.3 is 14.2 Å². The molecule has 1 N–H and O–H groups in total. The smallest absolute Gasteiger partial charge is 0.339 e. The van der Waals surface area contributed by atoms with Gasteiger partial charge in [-0.15, -0.1) is 0 Å². The highest BCUT2D eigenvalue weighted by Gasteiger charge is 2.24. The third-order valence-corrected chi connectivity index (χ3v) is 6.51. The van der Waals surface area contributed by atoms with Crippen LogP contribution < -0.4 is 14.2 Å². The van der Waals surface area contributed by atoms with E-state index in [1.165, 1.54) is 37.1 Å². The second-order valence-corrected chi connectivity index (χ2v) is 9.16. The van der Waals surface area contributed by atoms with Crippen molar-refractivity contribution in [2.24, 2.45) is 4.99 Å². The summed E-state index contributed by atoms with van der Waals surface area (Å²) in [6, 6.07) is 21.9. The first-order valence-corrected chi connectivity index (χ1v) is 11.7. The fourth-order valence-electron chi connectivity index (χ4n) is 2.85. The van der Waals surface area contributed by atoms with E-state index >= 15 is 0 Å². The van der Waals surface area contributed by atoms with Gasteiger partial charge in [-0.25, -0.2) is 4.99 Å². The minimum absolute atomic E-state index is 0.0394. The number of thioether (sulfide) groups is 1. The molecule has 7 nitrogen and oxygen atoms in total. The van der Waals surface area contributed by atoms with Crippen LogP contribution in [0.3, 0.4) is 0 Å². The Balaban J connectivity index is 1.56. The normalized spacial score (nSPS) is 16.2. The maximum atomic E-state index is 12.5. The Morgan fingerprint density at radius 2 is 1.62 bits per heavy atom. The molecule has 9 heteroatoms. The number of ether oxygens (including phenoxy) is 1. The monoisotopic (exact) mass is 466 g/mol. The second-order valence-electron chi connectivity index (χ2n) is 6.58. The van der Waals surface area contributed by atoms with E-state index in [4.69, 9.17) is 8.92 Å². The average Bonchev–Trinajstić information content (AvgIpc) is 3.14. The molecule has 0 aliphatic carbocycles. The van der Waals surface area contributed by atoms with Gasteiger partial charge in [0, 0.05) is 0 Å². The van der Waals surface area contributed by atoms with Crippen LogP contribution in [-0.4, -0.2) is 26.6 Å². The Hall–Kier alpha value is -3.56. The van der Waals surface area contributed by atoms with Crippen molar-refractivity contribution in [1.82, 2.24) is 5.32 Å². The number of rotatable bonds is 6. The summed E-state index contributed by atoms with van der Waals surface area (Å²) in [6.45, 7) is 0. The molecule has 3 aromatic carbocycles. The summed E-state index contributed by atoms with van der Waals surface area (Å²) in [7, 11) is -2.59. The van der Waals surface area contributed by atoms with Crippen LogP contribution in [0.4, 0.5) is 5.69 Å². The Bertz CT molecular complexity index is 1300. The predicted octanol–water partition coefficient (Wildman–Crippen LogP) is 4.35. The van der Waals surface area contributed by atoms with Gasteiger partial charge in [-0.2, -0.15) is 8.42 Å². The largest absolute Gasteiger partial charge is 0.493 e. The number of carbonyl (C=O) groups excluding carboxylic acids is 1. The van der Waals surface area contributed by atoms with Gasteiger partial charge in [0.25, 0.3) is 5.91 Å². The maximum Gasteiger partial charge on any atom is 0.339 e. The summed E-state index contributed by atoms with van der Waals surface area (Å²) >= 11 is 1.22. The van der Waals surface area contributed by atoms with E-state index in [-0.39, 0.29) is 22.3 Å². The van der Waals surface area contributed by atoms with Gasteiger partial charge in [0.1, 0.15) is 4.90 Å². The first kappa shape index (κ1) is 21.7. The van der Waals surface area contributed by atoms with E-state index in [1.54, 1.807) is 36.4 Å². The van der Waals surface area contributed by atoms with E-state index in [2.05, 4.69) is 10.3 Å². The van der Waals surface area contributed by atoms with Crippen LogP contribution in [-0.2, 0) is 14.9 Å². The number of carbonyl (C=O) groups is 1. The molecule has 0 spiro atoms. The van der Waals surface area contributed by atoms with Crippen molar-refractivity contribution in [3.05, 3.63) is 89.3 Å². The molecule has 0 unspecified atom stereocenters. The zero-order valence-electron chi connectivity index (χ0n) is 16.9. The maximum absolute atomic E-state index is 12.5. The topological polar surface area (TPSA) is 94.1 Å². The van der Waals surface area contributed by atoms with E-state index < -0.39 is 10.1 Å². The lowest BCUT2D eigenvalue weighted by molar-refractivity contribution is -0.115. The summed E-state index contributed by atoms with van der Waals surface area (Å²) in [5.41, 5.74) is 1.38. The van der Waals surface area contributed by atoms with Crippen LogP contribution in [0.25, 0.3) is 6.08 Å². The van der Waals surface area contributed by atoms with Gasteiger partial charge in [0.05, 0.1) is 17.7 Å². The van der Waals surface area contributed by atoms with Crippen molar-refractivity contribution in [2.75, 3.05) is 7.11 Å². The molecule has 1 saturated heterocycles. The molecule has 32 heavy (non-hydrogen) atoms. The third-order valence-electron chi connectivity index (χ3n) is 4.35. The lowest BCUT2D eigenvalue weighted by atomic mass is 10.2. The van der Waals surface area contributed by atoms with Crippen LogP contribution in [0.1, 0.15) is 5.56 Å². The third kappa shape index (κ3) is 5.01. The van der Waals surface area contributed by atoms with Crippen molar-refractivity contribution in [2.45, 2.75) is 4.90 Å². The number of nitrogens with one attached hydrogen (secondary N) is 1. The highest BCUT2D eigenvalue weighted by atomic mass is 32.2. The minimum Gasteiger partial charge on any atom is -0.493 e. The van der Waals surface area contributed by atoms with Gasteiger partial charge in [0.15, 0.2) is 16.7 Å². The van der Waals surface area contributed by atoms with Crippen molar-refractivity contribution in [3.8, 4) is 11.5 Å². The molecule has 1 fully saturated rings. The first-order valence-electron chi connectivity index (χ1n) is 9.47. The van der Waals surface area contributed by atoms with Crippen LogP contribution in [0.2, 0.25) is 0 Å². The highest BCUT2D eigenvalue weighted by molar-refractivity contribution is 8.18. The number of methoxy groups -OCH3 is 1. The van der Waals surface area contributed by atoms with Crippen LogP contribution in [0, 0.1) is 0 Å². The molecular formula is C23H18N2O5S2. The van der Waals surface area contributed by atoms with Gasteiger partial charge in [-0.05, 0) is 59.8 Å². The summed E-state index contributed by atoms with van der Waals surface area (Å²) in [4.78, 5) is 17.2. The molecule has 162 valence electrons. The number of nitrogens with zero attached hydrogens (tertiary/aromatic N) is 1. The fraction of sp³-hybridized carbons (Fsp3) is 0.0435. The lowest BCUT2D eigenvalue weighted by Gasteiger charge is -2.11. The highest BCUT2D eigenvalue weighted by Crippen LogP contribution is 2.33. The minimum atomic E-state index is -4.01. The van der Waals surface area contributed by atoms with E-state index in [0.29, 0.717) is 15.6 Å². The standard InChI is InChI=1S/C23H18N2O5S2/c1-29-20-14-16(12-13-19(20)30-32(27,28)18-10-6-3-7-11-18)15-21-22(26)25-23(31-21)24-17-8-4-2-5-9-17/h2-15H,1H3,(H,24,25,26)/b21-15-. The molecule has 0 saturated carbocycles.